The average Bonchev–Trinajstić information content (AvgIpc) is 3.76. The molecule has 0 saturated heterocycles. The zero-order valence-corrected chi connectivity index (χ0v) is 24.4. The number of para-hydroxylation sites is 5. The van der Waals surface area contributed by atoms with Crippen LogP contribution in [0.15, 0.2) is 158 Å². The number of nitrogens with zero attached hydrogens (tertiary/aromatic N) is 2. The van der Waals surface area contributed by atoms with Crippen LogP contribution in [0.25, 0.3) is 87.9 Å². The first kappa shape index (κ1) is 24.4. The lowest BCUT2D eigenvalue weighted by atomic mass is 9.99. The molecule has 0 bridgehead atoms. The van der Waals surface area contributed by atoms with Gasteiger partial charge in [-0.15, -0.1) is 0 Å². The molecular formula is C42H27N3. The molecule has 0 aliphatic rings. The molecule has 7 aromatic carbocycles. The second-order valence-corrected chi connectivity index (χ2v) is 11.9. The summed E-state index contributed by atoms with van der Waals surface area (Å²) in [4.78, 5) is 3.80. The van der Waals surface area contributed by atoms with Gasteiger partial charge < -0.3 is 14.1 Å². The van der Waals surface area contributed by atoms with E-state index in [-0.39, 0.29) is 0 Å². The van der Waals surface area contributed by atoms with Gasteiger partial charge in [-0.2, -0.15) is 0 Å². The van der Waals surface area contributed by atoms with E-state index in [1.165, 1.54) is 65.5 Å². The highest BCUT2D eigenvalue weighted by atomic mass is 15.0. The predicted octanol–water partition coefficient (Wildman–Crippen LogP) is 11.2. The summed E-state index contributed by atoms with van der Waals surface area (Å²) in [6.07, 6.45) is 0. The lowest BCUT2D eigenvalue weighted by Gasteiger charge is -2.13. The largest absolute Gasteiger partial charge is 0.354 e. The van der Waals surface area contributed by atoms with E-state index in [0.29, 0.717) is 0 Å². The summed E-state index contributed by atoms with van der Waals surface area (Å²) < 4.78 is 4.82. The SMILES string of the molecule is c1ccc(-n2c3ccccc3c3ccc(-c4cc(-n5c6ccccc6c6ccccc65)cc5c4[nH]c4ccccc45)cc32)cc1. The molecule has 3 nitrogen and oxygen atoms in total. The monoisotopic (exact) mass is 573 g/mol. The summed E-state index contributed by atoms with van der Waals surface area (Å²) >= 11 is 0. The minimum absolute atomic E-state index is 1.15. The maximum absolute atomic E-state index is 3.80. The Morgan fingerprint density at radius 1 is 0.356 bits per heavy atom. The van der Waals surface area contributed by atoms with Gasteiger partial charge in [-0.05, 0) is 60.2 Å². The molecule has 0 unspecified atom stereocenters. The predicted molar refractivity (Wildman–Crippen MR) is 190 cm³/mol. The number of aromatic amines is 1. The van der Waals surface area contributed by atoms with E-state index in [1.54, 1.807) is 0 Å². The van der Waals surface area contributed by atoms with Crippen molar-refractivity contribution in [2.45, 2.75) is 0 Å². The van der Waals surface area contributed by atoms with Crippen molar-refractivity contribution < 1.29 is 0 Å². The first-order valence-corrected chi connectivity index (χ1v) is 15.5. The second kappa shape index (κ2) is 9.22. The quantitative estimate of drug-likeness (QED) is 0.218. The Kier molecular flexibility index (Phi) is 5.00. The number of aromatic nitrogens is 3. The summed E-state index contributed by atoms with van der Waals surface area (Å²) in [7, 11) is 0. The molecule has 3 aromatic heterocycles. The summed E-state index contributed by atoms with van der Waals surface area (Å²) in [6, 6.07) is 57.2. The molecule has 0 saturated carbocycles. The third-order valence-electron chi connectivity index (χ3n) is 9.44. The topological polar surface area (TPSA) is 25.6 Å². The first-order chi connectivity index (χ1) is 22.3. The first-order valence-electron chi connectivity index (χ1n) is 15.5. The Balaban J connectivity index is 1.32. The normalized spacial score (nSPS) is 12.0. The summed E-state index contributed by atoms with van der Waals surface area (Å²) in [5.41, 5.74) is 11.8. The Hall–Kier alpha value is -6.06. The average molecular weight is 574 g/mol. The Bertz CT molecular complexity index is 2700. The smallest absolute Gasteiger partial charge is 0.0547 e. The van der Waals surface area contributed by atoms with Gasteiger partial charge in [0.1, 0.15) is 0 Å². The lowest BCUT2D eigenvalue weighted by molar-refractivity contribution is 1.18. The second-order valence-electron chi connectivity index (χ2n) is 11.9. The molecule has 210 valence electrons. The van der Waals surface area contributed by atoms with E-state index in [4.69, 9.17) is 0 Å². The van der Waals surface area contributed by atoms with Crippen molar-refractivity contribution in [1.29, 1.82) is 0 Å². The van der Waals surface area contributed by atoms with Crippen LogP contribution in [0, 0.1) is 0 Å². The zero-order valence-electron chi connectivity index (χ0n) is 24.4. The molecule has 10 rings (SSSR count). The number of benzene rings is 7. The lowest BCUT2D eigenvalue weighted by Crippen LogP contribution is -1.96. The van der Waals surface area contributed by atoms with E-state index in [0.717, 1.165) is 22.4 Å². The van der Waals surface area contributed by atoms with Gasteiger partial charge in [-0.1, -0.05) is 103 Å². The van der Waals surface area contributed by atoms with Crippen LogP contribution in [-0.2, 0) is 0 Å². The number of fused-ring (bicyclic) bond motifs is 9. The van der Waals surface area contributed by atoms with E-state index in [9.17, 15) is 0 Å². The number of hydrogen-bond donors (Lipinski definition) is 1. The van der Waals surface area contributed by atoms with Crippen LogP contribution >= 0.6 is 0 Å². The molecule has 3 heterocycles. The van der Waals surface area contributed by atoms with Crippen LogP contribution in [0.4, 0.5) is 0 Å². The van der Waals surface area contributed by atoms with Crippen LogP contribution < -0.4 is 0 Å². The molecule has 1 N–H and O–H groups in total. The van der Waals surface area contributed by atoms with Crippen LogP contribution in [0.5, 0.6) is 0 Å². The molecule has 45 heavy (non-hydrogen) atoms. The Morgan fingerprint density at radius 3 is 1.56 bits per heavy atom. The molecule has 0 aliphatic heterocycles. The van der Waals surface area contributed by atoms with Crippen LogP contribution in [0.2, 0.25) is 0 Å². The van der Waals surface area contributed by atoms with Gasteiger partial charge in [0, 0.05) is 54.8 Å². The fraction of sp³-hybridized carbons (Fsp3) is 0. The van der Waals surface area contributed by atoms with Crippen molar-refractivity contribution in [1.82, 2.24) is 14.1 Å². The molecule has 0 amide bonds. The standard InChI is InChI=1S/C42H27N3/c1-2-12-28(13-3-1)44-38-19-9-7-17-33(38)34-23-22-27(24-41(34)44)35-25-29(26-36-30-14-4-8-18-37(30)43-42(35)36)45-39-20-10-5-15-31(39)32-16-6-11-21-40(32)45/h1-26,43H. The van der Waals surface area contributed by atoms with Gasteiger partial charge in [-0.25, -0.2) is 0 Å². The fourth-order valence-corrected chi connectivity index (χ4v) is 7.49. The van der Waals surface area contributed by atoms with E-state index >= 15 is 0 Å². The van der Waals surface area contributed by atoms with E-state index < -0.39 is 0 Å². The van der Waals surface area contributed by atoms with Gasteiger partial charge in [0.05, 0.1) is 27.6 Å². The van der Waals surface area contributed by atoms with E-state index in [1.807, 2.05) is 0 Å². The van der Waals surface area contributed by atoms with Crippen molar-refractivity contribution in [3.63, 3.8) is 0 Å². The van der Waals surface area contributed by atoms with Crippen molar-refractivity contribution in [3.8, 4) is 22.5 Å². The van der Waals surface area contributed by atoms with Gasteiger partial charge in [-0.3, -0.25) is 0 Å². The van der Waals surface area contributed by atoms with Crippen LogP contribution in [0.3, 0.4) is 0 Å². The molecule has 3 heteroatoms. The van der Waals surface area contributed by atoms with Crippen LogP contribution in [0.1, 0.15) is 0 Å². The van der Waals surface area contributed by atoms with Crippen molar-refractivity contribution in [3.05, 3.63) is 158 Å². The van der Waals surface area contributed by atoms with E-state index in [2.05, 4.69) is 172 Å². The van der Waals surface area contributed by atoms with Gasteiger partial charge in [0.2, 0.25) is 0 Å². The van der Waals surface area contributed by atoms with Crippen LogP contribution in [-0.4, -0.2) is 14.1 Å². The highest BCUT2D eigenvalue weighted by Gasteiger charge is 2.18. The third-order valence-corrected chi connectivity index (χ3v) is 9.44. The number of H-pyrrole nitrogens is 1. The Morgan fingerprint density at radius 2 is 0.889 bits per heavy atom. The maximum atomic E-state index is 3.80. The maximum Gasteiger partial charge on any atom is 0.0547 e. The fourth-order valence-electron chi connectivity index (χ4n) is 7.49. The summed E-state index contributed by atoms with van der Waals surface area (Å²) in [5, 5.41) is 7.51. The van der Waals surface area contributed by atoms with Gasteiger partial charge in [0.15, 0.2) is 0 Å². The van der Waals surface area contributed by atoms with Crippen molar-refractivity contribution in [2.24, 2.45) is 0 Å². The van der Waals surface area contributed by atoms with Crippen molar-refractivity contribution in [2.75, 3.05) is 0 Å². The number of nitrogens with one attached hydrogen (secondary N) is 1. The molecule has 0 fully saturated rings. The number of rotatable bonds is 3. The molecule has 0 spiro atoms. The summed E-state index contributed by atoms with van der Waals surface area (Å²) in [6.45, 7) is 0. The van der Waals surface area contributed by atoms with Gasteiger partial charge >= 0.3 is 0 Å². The highest BCUT2D eigenvalue weighted by molar-refractivity contribution is 6.16. The highest BCUT2D eigenvalue weighted by Crippen LogP contribution is 2.41. The van der Waals surface area contributed by atoms with Crippen molar-refractivity contribution >= 4 is 65.4 Å². The molecular weight excluding hydrogens is 546 g/mol. The molecule has 0 aliphatic carbocycles. The zero-order chi connectivity index (χ0) is 29.5. The minimum Gasteiger partial charge on any atom is -0.354 e. The molecule has 0 radical (unpaired) electrons. The Labute approximate surface area is 259 Å². The van der Waals surface area contributed by atoms with Gasteiger partial charge in [0.25, 0.3) is 0 Å². The minimum atomic E-state index is 1.15. The molecule has 0 atom stereocenters. The third kappa shape index (κ3) is 3.46. The molecule has 10 aromatic rings. The summed E-state index contributed by atoms with van der Waals surface area (Å²) in [5.74, 6) is 0. The number of hydrogen-bond acceptors (Lipinski definition) is 0.